The minimum absolute atomic E-state index is 0.0115. The van der Waals surface area contributed by atoms with Crippen molar-refractivity contribution in [1.29, 1.82) is 0 Å². The highest BCUT2D eigenvalue weighted by Gasteiger charge is 2.49. The maximum atomic E-state index is 9.96. The van der Waals surface area contributed by atoms with Gasteiger partial charge in [-0.15, -0.1) is 5.54 Å². The van der Waals surface area contributed by atoms with Crippen molar-refractivity contribution in [3.05, 3.63) is 97.1 Å². The summed E-state index contributed by atoms with van der Waals surface area (Å²) in [4.78, 5) is 0. The van der Waals surface area contributed by atoms with Crippen molar-refractivity contribution in [3.63, 3.8) is 0 Å². The van der Waals surface area contributed by atoms with Crippen molar-refractivity contribution in [2.45, 2.75) is 77.2 Å². The molecule has 2 aromatic rings. The lowest BCUT2D eigenvalue weighted by molar-refractivity contribution is 0.223. The molecule has 0 saturated carbocycles. The number of allylic oxidation sites excluding steroid dienone is 6. The first-order valence-corrected chi connectivity index (χ1v) is 18.9. The summed E-state index contributed by atoms with van der Waals surface area (Å²) in [6.45, 7) is 14.3. The lowest BCUT2D eigenvalue weighted by Crippen LogP contribution is -2.66. The molecule has 0 bridgehead atoms. The Labute approximate surface area is 228 Å². The van der Waals surface area contributed by atoms with E-state index in [0.29, 0.717) is 6.42 Å². The summed E-state index contributed by atoms with van der Waals surface area (Å²) in [5, 5.41) is 12.6. The Hall–Kier alpha value is -2.43. The molecule has 1 atom stereocenters. The molecule has 0 fully saturated rings. The Bertz CT molecular complexity index is 1020. The van der Waals surface area contributed by atoms with E-state index in [4.69, 9.17) is 4.43 Å². The predicted octanol–water partition coefficient (Wildman–Crippen LogP) is 7.03. The van der Waals surface area contributed by atoms with Gasteiger partial charge in [0.1, 0.15) is 14.2 Å². The quantitative estimate of drug-likeness (QED) is 0.138. The van der Waals surface area contributed by atoms with E-state index in [2.05, 4.69) is 137 Å². The number of hydrogen-bond donors (Lipinski definition) is 1. The third kappa shape index (κ3) is 10.5. The molecule has 0 aliphatic heterocycles. The molecular formula is C33H46O2Si2. The minimum atomic E-state index is -2.44. The smallest absolute Gasteiger partial charge is 0.261 e. The van der Waals surface area contributed by atoms with E-state index in [1.54, 1.807) is 0 Å². The minimum Gasteiger partial charge on any atom is -0.407 e. The van der Waals surface area contributed by atoms with Crippen molar-refractivity contribution in [2.75, 3.05) is 6.61 Å². The second-order valence-electron chi connectivity index (χ2n) is 11.5. The molecule has 0 aromatic heterocycles. The SMILES string of the molecule is CC(C)(C)[Si](OCCC/C=C/C=C/C=C/CCC(O)C#C[Si](C)(C)C)(c1ccccc1)c1ccccc1. The van der Waals surface area contributed by atoms with Crippen LogP contribution in [0.15, 0.2) is 97.1 Å². The maximum absolute atomic E-state index is 9.96. The van der Waals surface area contributed by atoms with Gasteiger partial charge in [0.2, 0.25) is 0 Å². The van der Waals surface area contributed by atoms with E-state index in [-0.39, 0.29) is 5.04 Å². The summed E-state index contributed by atoms with van der Waals surface area (Å²) >= 11 is 0. The summed E-state index contributed by atoms with van der Waals surface area (Å²) in [7, 11) is -3.85. The van der Waals surface area contributed by atoms with E-state index in [0.717, 1.165) is 25.9 Å². The van der Waals surface area contributed by atoms with Crippen LogP contribution in [0.3, 0.4) is 0 Å². The lowest BCUT2D eigenvalue weighted by Gasteiger charge is -2.43. The first-order chi connectivity index (χ1) is 17.6. The lowest BCUT2D eigenvalue weighted by atomic mass is 10.2. The number of unbranched alkanes of at least 4 members (excludes halogenated alkanes) is 1. The standard InChI is InChI=1S/C33H46O2Si2/c1-33(2,3)37(31-23-17-14-18-24-31,32-25-19-15-20-26-32)35-28-21-13-11-9-7-8-10-12-16-22-30(34)27-29-36(4,5)6/h7-12,14-15,17-20,23-26,30,34H,13,16,21-22,28H2,1-6H3/b8-7+,11-9+,12-10+. The maximum Gasteiger partial charge on any atom is 0.261 e. The van der Waals surface area contributed by atoms with Gasteiger partial charge in [-0.05, 0) is 41.1 Å². The molecule has 0 spiro atoms. The zero-order valence-electron chi connectivity index (χ0n) is 23.7. The first kappa shape index (κ1) is 30.8. The molecule has 0 heterocycles. The van der Waals surface area contributed by atoms with Gasteiger partial charge in [-0.1, -0.05) is 143 Å². The van der Waals surface area contributed by atoms with Crippen LogP contribution in [-0.2, 0) is 4.43 Å². The second kappa shape index (κ2) is 15.1. The molecule has 4 heteroatoms. The Kier molecular flexibility index (Phi) is 12.6. The fourth-order valence-electron chi connectivity index (χ4n) is 4.29. The molecule has 2 aromatic carbocycles. The summed E-state index contributed by atoms with van der Waals surface area (Å²) in [6.07, 6.45) is 15.5. The second-order valence-corrected chi connectivity index (χ2v) is 20.6. The van der Waals surface area contributed by atoms with Gasteiger partial charge >= 0.3 is 0 Å². The summed E-state index contributed by atoms with van der Waals surface area (Å²) < 4.78 is 6.94. The summed E-state index contributed by atoms with van der Waals surface area (Å²) in [5.74, 6) is 2.99. The number of hydrogen-bond acceptors (Lipinski definition) is 2. The van der Waals surface area contributed by atoms with Gasteiger partial charge < -0.3 is 9.53 Å². The molecule has 2 nitrogen and oxygen atoms in total. The average molecular weight is 531 g/mol. The van der Waals surface area contributed by atoms with Gasteiger partial charge in [-0.3, -0.25) is 0 Å². The molecule has 0 radical (unpaired) electrons. The topological polar surface area (TPSA) is 29.5 Å². The molecule has 1 unspecified atom stereocenters. The molecule has 0 aliphatic rings. The normalized spacial score (nSPS) is 13.8. The monoisotopic (exact) mass is 530 g/mol. The molecule has 0 saturated heterocycles. The van der Waals surface area contributed by atoms with Crippen molar-refractivity contribution in [3.8, 4) is 11.5 Å². The Morgan fingerprint density at radius 2 is 1.32 bits per heavy atom. The van der Waals surface area contributed by atoms with Gasteiger partial charge in [0.05, 0.1) is 0 Å². The number of benzene rings is 2. The summed E-state index contributed by atoms with van der Waals surface area (Å²) in [6, 6.07) is 21.6. The highest BCUT2D eigenvalue weighted by atomic mass is 28.4. The van der Waals surface area contributed by atoms with Gasteiger partial charge in [0.15, 0.2) is 0 Å². The van der Waals surface area contributed by atoms with Crippen LogP contribution in [0.4, 0.5) is 0 Å². The molecule has 0 amide bonds. The molecule has 37 heavy (non-hydrogen) atoms. The number of aliphatic hydroxyl groups is 1. The van der Waals surface area contributed by atoms with E-state index in [1.807, 2.05) is 12.2 Å². The third-order valence-electron chi connectivity index (χ3n) is 6.08. The molecule has 1 N–H and O–H groups in total. The van der Waals surface area contributed by atoms with E-state index >= 15 is 0 Å². The molecular weight excluding hydrogens is 485 g/mol. The Morgan fingerprint density at radius 3 is 1.81 bits per heavy atom. The van der Waals surface area contributed by atoms with Crippen LogP contribution in [0, 0.1) is 11.5 Å². The number of rotatable bonds is 12. The fourth-order valence-corrected chi connectivity index (χ4v) is 9.50. The van der Waals surface area contributed by atoms with Gasteiger partial charge in [0.25, 0.3) is 8.32 Å². The Morgan fingerprint density at radius 1 is 0.811 bits per heavy atom. The van der Waals surface area contributed by atoms with Gasteiger partial charge in [0, 0.05) is 6.61 Å². The zero-order chi connectivity index (χ0) is 27.2. The van der Waals surface area contributed by atoms with Gasteiger partial charge in [-0.25, -0.2) is 0 Å². The average Bonchev–Trinajstić information content (AvgIpc) is 2.85. The van der Waals surface area contributed by atoms with Crippen LogP contribution >= 0.6 is 0 Å². The molecule has 198 valence electrons. The van der Waals surface area contributed by atoms with Crippen LogP contribution < -0.4 is 10.4 Å². The predicted molar refractivity (Wildman–Crippen MR) is 167 cm³/mol. The molecule has 0 aliphatic carbocycles. The molecule has 2 rings (SSSR count). The van der Waals surface area contributed by atoms with E-state index < -0.39 is 22.5 Å². The van der Waals surface area contributed by atoms with Crippen molar-refractivity contribution >= 4 is 26.8 Å². The van der Waals surface area contributed by atoms with E-state index in [9.17, 15) is 5.11 Å². The van der Waals surface area contributed by atoms with E-state index in [1.165, 1.54) is 10.4 Å². The van der Waals surface area contributed by atoms with Crippen LogP contribution in [0.2, 0.25) is 24.7 Å². The van der Waals surface area contributed by atoms with Crippen molar-refractivity contribution in [1.82, 2.24) is 0 Å². The largest absolute Gasteiger partial charge is 0.407 e. The zero-order valence-corrected chi connectivity index (χ0v) is 25.7. The summed E-state index contributed by atoms with van der Waals surface area (Å²) in [5.41, 5.74) is 3.23. The van der Waals surface area contributed by atoms with Crippen LogP contribution in [0.1, 0.15) is 46.5 Å². The first-order valence-electron chi connectivity index (χ1n) is 13.5. The van der Waals surface area contributed by atoms with Crippen LogP contribution in [0.25, 0.3) is 0 Å². The third-order valence-corrected chi connectivity index (χ3v) is 12.0. The highest BCUT2D eigenvalue weighted by molar-refractivity contribution is 6.99. The van der Waals surface area contributed by atoms with Crippen LogP contribution in [0.5, 0.6) is 0 Å². The fraction of sp³-hybridized carbons (Fsp3) is 0.394. The van der Waals surface area contributed by atoms with Gasteiger partial charge in [-0.2, -0.15) is 0 Å². The Balaban J connectivity index is 1.86. The van der Waals surface area contributed by atoms with Crippen molar-refractivity contribution < 1.29 is 9.53 Å². The number of aliphatic hydroxyl groups excluding tert-OH is 1. The highest BCUT2D eigenvalue weighted by Crippen LogP contribution is 2.36. The van der Waals surface area contributed by atoms with Crippen molar-refractivity contribution in [2.24, 2.45) is 0 Å². The van der Waals surface area contributed by atoms with Crippen LogP contribution in [-0.4, -0.2) is 34.2 Å².